The highest BCUT2D eigenvalue weighted by atomic mass is 32.2. The summed E-state index contributed by atoms with van der Waals surface area (Å²) in [5.41, 5.74) is 40.6. The van der Waals surface area contributed by atoms with Crippen LogP contribution < -0.4 is 82.7 Å². The van der Waals surface area contributed by atoms with Crippen molar-refractivity contribution in [3.63, 3.8) is 0 Å². The van der Waals surface area contributed by atoms with Crippen molar-refractivity contribution in [2.75, 3.05) is 44.7 Å². The number of benzene rings is 2. The van der Waals surface area contributed by atoms with E-state index in [4.69, 9.17) is 40.1 Å². The Labute approximate surface area is 558 Å². The number of nitrogens with zero attached hydrogens (tertiary/aromatic N) is 3. The zero-order chi connectivity index (χ0) is 70.1. The van der Waals surface area contributed by atoms with Crippen molar-refractivity contribution in [1.29, 1.82) is 0 Å². The van der Waals surface area contributed by atoms with Gasteiger partial charge in [0.1, 0.15) is 54.4 Å². The van der Waals surface area contributed by atoms with Gasteiger partial charge in [0.25, 0.3) is 0 Å². The van der Waals surface area contributed by atoms with Gasteiger partial charge in [-0.3, -0.25) is 67.3 Å². The van der Waals surface area contributed by atoms with Gasteiger partial charge in [-0.05, 0) is 119 Å². The first-order valence-electron chi connectivity index (χ1n) is 32.2. The highest BCUT2D eigenvalue weighted by molar-refractivity contribution is 7.98. The lowest BCUT2D eigenvalue weighted by atomic mass is 10.0. The Kier molecular flexibility index (Phi) is 33.9. The first-order chi connectivity index (χ1) is 45.2. The fourth-order valence-electron chi connectivity index (χ4n) is 11.0. The molecule has 95 heavy (non-hydrogen) atoms. The second-order valence-corrected chi connectivity index (χ2v) is 25.1. The Bertz CT molecular complexity index is 2960. The summed E-state index contributed by atoms with van der Waals surface area (Å²) in [7, 11) is 0. The zero-order valence-corrected chi connectivity index (χ0v) is 55.3. The predicted octanol–water partition coefficient (Wildman–Crippen LogP) is -3.71. The van der Waals surface area contributed by atoms with Gasteiger partial charge in [0, 0.05) is 45.3 Å². The number of aliphatic imine (C=N–C) groups is 1. The van der Waals surface area contributed by atoms with Gasteiger partial charge in [-0.25, -0.2) is 0 Å². The molecular weight excluding hydrogens is 1250 g/mol. The lowest BCUT2D eigenvalue weighted by Crippen LogP contribution is -2.60. The van der Waals surface area contributed by atoms with Crippen LogP contribution in [0, 0.1) is 5.92 Å². The Morgan fingerprint density at radius 2 is 1.01 bits per heavy atom. The number of nitrogens with two attached hydrogens (primary N) is 7. The molecule has 0 radical (unpaired) electrons. The van der Waals surface area contributed by atoms with Crippen LogP contribution in [0.15, 0.2) is 65.7 Å². The van der Waals surface area contributed by atoms with E-state index in [0.29, 0.717) is 55.4 Å². The number of amides is 13. The topological polar surface area (TPSA) is 519 Å². The van der Waals surface area contributed by atoms with E-state index in [-0.39, 0.29) is 83.0 Å². The maximum atomic E-state index is 14.7. The number of likely N-dealkylation sites (tertiary alicyclic amines) is 2. The van der Waals surface area contributed by atoms with Crippen molar-refractivity contribution < 1.29 is 62.3 Å². The molecule has 2 saturated heterocycles. The molecule has 524 valence electrons. The van der Waals surface area contributed by atoms with Gasteiger partial charge in [0.2, 0.25) is 76.8 Å². The van der Waals surface area contributed by atoms with E-state index >= 15 is 0 Å². The van der Waals surface area contributed by atoms with Gasteiger partial charge in [-0.15, -0.1) is 0 Å². The van der Waals surface area contributed by atoms with E-state index in [2.05, 4.69) is 47.5 Å². The molecule has 13 amide bonds. The molecule has 2 aromatic carbocycles. The van der Waals surface area contributed by atoms with Crippen LogP contribution in [-0.4, -0.2) is 198 Å². The van der Waals surface area contributed by atoms with Crippen LogP contribution in [0.1, 0.15) is 121 Å². The molecular formula is C63H98N18O13S. The third-order valence-electron chi connectivity index (χ3n) is 16.0. The van der Waals surface area contributed by atoms with Crippen LogP contribution in [-0.2, 0) is 75.2 Å². The molecule has 0 spiro atoms. The average molecular weight is 1350 g/mol. The van der Waals surface area contributed by atoms with E-state index in [1.165, 1.54) is 21.6 Å². The molecule has 22 N–H and O–H groups in total. The van der Waals surface area contributed by atoms with Crippen molar-refractivity contribution in [1.82, 2.24) is 52.3 Å². The number of primary amides is 3. The molecule has 2 aliphatic rings. The van der Waals surface area contributed by atoms with Crippen molar-refractivity contribution in [3.8, 4) is 0 Å². The molecule has 0 unspecified atom stereocenters. The first-order valence-corrected chi connectivity index (χ1v) is 33.6. The highest BCUT2D eigenvalue weighted by Gasteiger charge is 2.42. The Balaban J connectivity index is 1.56. The summed E-state index contributed by atoms with van der Waals surface area (Å²) in [5.74, 6) is -9.80. The van der Waals surface area contributed by atoms with Crippen LogP contribution in [0.25, 0.3) is 0 Å². The molecule has 0 aromatic heterocycles. The molecule has 10 atom stereocenters. The van der Waals surface area contributed by atoms with Crippen LogP contribution in [0.4, 0.5) is 0 Å². The molecule has 32 heteroatoms. The number of carbonyl (C=O) groups excluding carboxylic acids is 13. The molecule has 2 aliphatic heterocycles. The van der Waals surface area contributed by atoms with Gasteiger partial charge in [0.15, 0.2) is 5.96 Å². The number of carbonyl (C=O) groups is 13. The first kappa shape index (κ1) is 78.5. The van der Waals surface area contributed by atoms with Gasteiger partial charge in [0.05, 0.1) is 12.6 Å². The smallest absolute Gasteiger partial charge is 0.245 e. The van der Waals surface area contributed by atoms with E-state index in [9.17, 15) is 62.3 Å². The van der Waals surface area contributed by atoms with Crippen molar-refractivity contribution in [2.24, 2.45) is 51.0 Å². The van der Waals surface area contributed by atoms with Gasteiger partial charge >= 0.3 is 0 Å². The van der Waals surface area contributed by atoms with Crippen molar-refractivity contribution >= 4 is 94.5 Å². The molecule has 2 fully saturated rings. The summed E-state index contributed by atoms with van der Waals surface area (Å²) in [5, 5.41) is 21.1. The number of thioether (sulfide) groups is 1. The Hall–Kier alpha value is -8.91. The summed E-state index contributed by atoms with van der Waals surface area (Å²) in [6, 6.07) is 4.51. The fraction of sp³-hybridized carbons (Fsp3) is 0.587. The second-order valence-electron chi connectivity index (χ2n) is 24.1. The quantitative estimate of drug-likeness (QED) is 0.0173. The predicted molar refractivity (Wildman–Crippen MR) is 356 cm³/mol. The van der Waals surface area contributed by atoms with Crippen LogP contribution >= 0.6 is 11.8 Å². The van der Waals surface area contributed by atoms with E-state index in [1.54, 1.807) is 60.7 Å². The SMILES string of the molecule is CSCC[C@H](NC(=O)[C@H](CC(C)C)NC(=O)CNC(=O)[C@H](Cc1ccccc1)NC(=O)[C@@H](Cc1ccccc1)NC(=O)[C@H](CCC(N)=O)NC(=O)[C@@H](CCC(N)=O)NC(=O)[C@@H]1CCCN1C(=O)[C@@H](CCCCN)NC(=O)[C@H]1CCCN1C(=O)[C@@H](N)CCCN=C(N)N)C(N)=O. The van der Waals surface area contributed by atoms with E-state index in [1.807, 2.05) is 20.1 Å². The third kappa shape index (κ3) is 27.5. The minimum absolute atomic E-state index is 0.0736. The summed E-state index contributed by atoms with van der Waals surface area (Å²) in [6.45, 7) is 3.86. The maximum absolute atomic E-state index is 14.7. The van der Waals surface area contributed by atoms with Crippen LogP contribution in [0.2, 0.25) is 0 Å². The van der Waals surface area contributed by atoms with E-state index < -0.39 is 169 Å². The summed E-state index contributed by atoms with van der Waals surface area (Å²) in [6.07, 6.45) is 3.12. The fourth-order valence-corrected chi connectivity index (χ4v) is 11.5. The molecule has 0 aliphatic carbocycles. The minimum atomic E-state index is -1.64. The van der Waals surface area contributed by atoms with Gasteiger partial charge < -0.3 is 92.5 Å². The number of guanidine groups is 1. The third-order valence-corrected chi connectivity index (χ3v) is 16.7. The zero-order valence-electron chi connectivity index (χ0n) is 54.5. The maximum Gasteiger partial charge on any atom is 0.245 e. The summed E-state index contributed by atoms with van der Waals surface area (Å²) < 4.78 is 0. The second kappa shape index (κ2) is 41.0. The van der Waals surface area contributed by atoms with Gasteiger partial charge in [-0.1, -0.05) is 74.5 Å². The van der Waals surface area contributed by atoms with E-state index in [0.717, 1.165) is 0 Å². The van der Waals surface area contributed by atoms with Gasteiger partial charge in [-0.2, -0.15) is 11.8 Å². The molecule has 0 bridgehead atoms. The Morgan fingerprint density at radius 3 is 1.51 bits per heavy atom. The summed E-state index contributed by atoms with van der Waals surface area (Å²) >= 11 is 1.45. The minimum Gasteiger partial charge on any atom is -0.370 e. The van der Waals surface area contributed by atoms with Crippen molar-refractivity contribution in [2.45, 2.75) is 183 Å². The lowest BCUT2D eigenvalue weighted by Gasteiger charge is -2.32. The molecule has 0 saturated carbocycles. The molecule has 2 aromatic rings. The largest absolute Gasteiger partial charge is 0.370 e. The number of nitrogens with one attached hydrogen (secondary N) is 8. The van der Waals surface area contributed by atoms with Crippen molar-refractivity contribution in [3.05, 3.63) is 71.8 Å². The average Bonchev–Trinajstić information content (AvgIpc) is 1.74. The molecule has 31 nitrogen and oxygen atoms in total. The number of unbranched alkanes of at least 4 members (excludes halogenated alkanes) is 1. The Morgan fingerprint density at radius 1 is 0.537 bits per heavy atom. The number of rotatable bonds is 42. The number of hydrogen-bond acceptors (Lipinski definition) is 17. The molecule has 4 rings (SSSR count). The summed E-state index contributed by atoms with van der Waals surface area (Å²) in [4.78, 5) is 185. The standard InChI is InChI=1S/C63H98N18O13S/c1-37(2)33-45(57(89)74-41(53(68)85)27-32-95-3)73-52(84)36-72-54(86)46(34-38-15-6-4-7-16-38)78-58(90)47(35-39-17-8-5-9-18-39)79-56(88)42(23-25-50(66)82)75-55(87)43(24-26-51(67)83)76-59(91)49-22-14-31-81(49)62(94)44(20-10-11-28-64)77-60(92)48-21-13-30-80(48)61(93)40(65)19-12-29-71-63(69)70/h4-9,15-18,37,40-49H,10-14,19-36,64-65H2,1-3H3,(H2,66,82)(H2,67,83)(H2,68,85)(H,72,86)(H,73,84)(H,74,89)(H,75,87)(H,76,91)(H,77,92)(H,78,90)(H,79,88)(H4,69,70,71)/t40-,41-,42-,43+,44+,45-,46-,47+,48+,49-/m0/s1. The molecule has 2 heterocycles. The van der Waals surface area contributed by atoms with Crippen LogP contribution in [0.5, 0.6) is 0 Å². The monoisotopic (exact) mass is 1350 g/mol. The lowest BCUT2D eigenvalue weighted by molar-refractivity contribution is -0.144. The number of hydrogen-bond donors (Lipinski definition) is 15. The highest BCUT2D eigenvalue weighted by Crippen LogP contribution is 2.24. The van der Waals surface area contributed by atoms with Crippen LogP contribution in [0.3, 0.4) is 0 Å². The normalized spacial score (nSPS) is 16.8.